The summed E-state index contributed by atoms with van der Waals surface area (Å²) >= 11 is 0. The molecule has 3 N–H and O–H groups in total. The number of rotatable bonds is 3. The molecule has 1 atom stereocenters. The van der Waals surface area contributed by atoms with Crippen molar-refractivity contribution in [3.63, 3.8) is 0 Å². The van der Waals surface area contributed by atoms with Gasteiger partial charge < -0.3 is 20.1 Å². The summed E-state index contributed by atoms with van der Waals surface area (Å²) in [6, 6.07) is 0. The Hall–Kier alpha value is -1.82. The molecule has 1 aromatic rings. The molecule has 1 aromatic heterocycles. The predicted octanol–water partition coefficient (Wildman–Crippen LogP) is 1.53. The van der Waals surface area contributed by atoms with E-state index in [4.69, 9.17) is 9.84 Å². The van der Waals surface area contributed by atoms with Crippen LogP contribution in [0.4, 0.5) is 5.69 Å². The van der Waals surface area contributed by atoms with Gasteiger partial charge in [-0.2, -0.15) is 0 Å². The third-order valence-corrected chi connectivity index (χ3v) is 3.24. The average molecular weight is 252 g/mol. The minimum absolute atomic E-state index is 0.0879. The highest BCUT2D eigenvalue weighted by Gasteiger charge is 2.38. The molecule has 0 bridgehead atoms. The summed E-state index contributed by atoms with van der Waals surface area (Å²) in [6.07, 6.45) is 2.96. The SMILES string of the molecule is Cc1[nH]cc(NC(=O)C2(C)CCCO2)c1C(=O)O. The number of carbonyl (C=O) groups excluding carboxylic acids is 1. The molecule has 98 valence electrons. The Morgan fingerprint density at radius 1 is 1.56 bits per heavy atom. The van der Waals surface area contributed by atoms with Crippen molar-refractivity contribution in [3.8, 4) is 0 Å². The lowest BCUT2D eigenvalue weighted by molar-refractivity contribution is -0.133. The number of ether oxygens (including phenoxy) is 1. The lowest BCUT2D eigenvalue weighted by Crippen LogP contribution is -2.39. The number of aromatic carboxylic acids is 1. The third kappa shape index (κ3) is 2.11. The topological polar surface area (TPSA) is 91.4 Å². The molecule has 2 rings (SSSR count). The second-order valence-corrected chi connectivity index (χ2v) is 4.64. The van der Waals surface area contributed by atoms with Gasteiger partial charge in [-0.1, -0.05) is 0 Å². The zero-order chi connectivity index (χ0) is 13.3. The molecule has 0 aliphatic carbocycles. The summed E-state index contributed by atoms with van der Waals surface area (Å²) < 4.78 is 5.41. The van der Waals surface area contributed by atoms with Crippen LogP contribution in [-0.2, 0) is 9.53 Å². The molecule has 1 aliphatic rings. The number of aromatic amines is 1. The number of hydrogen-bond donors (Lipinski definition) is 3. The number of aryl methyl sites for hydroxylation is 1. The maximum Gasteiger partial charge on any atom is 0.339 e. The van der Waals surface area contributed by atoms with E-state index in [9.17, 15) is 9.59 Å². The quantitative estimate of drug-likeness (QED) is 0.760. The summed E-state index contributed by atoms with van der Waals surface area (Å²) in [6.45, 7) is 3.92. The fourth-order valence-electron chi connectivity index (χ4n) is 2.11. The standard InChI is InChI=1S/C12H16N2O4/c1-7-9(10(15)16)8(6-13-7)14-11(17)12(2)4-3-5-18-12/h6,13H,3-5H2,1-2H3,(H,14,17)(H,15,16). The van der Waals surface area contributed by atoms with Crippen molar-refractivity contribution in [2.45, 2.75) is 32.3 Å². The molecule has 0 radical (unpaired) electrons. The zero-order valence-corrected chi connectivity index (χ0v) is 10.4. The minimum atomic E-state index is -1.07. The fourth-order valence-corrected chi connectivity index (χ4v) is 2.11. The lowest BCUT2D eigenvalue weighted by atomic mass is 10.0. The molecule has 0 saturated carbocycles. The van der Waals surface area contributed by atoms with Crippen LogP contribution in [0, 0.1) is 6.92 Å². The highest BCUT2D eigenvalue weighted by atomic mass is 16.5. The number of H-pyrrole nitrogens is 1. The van der Waals surface area contributed by atoms with E-state index in [1.165, 1.54) is 6.20 Å². The highest BCUT2D eigenvalue weighted by Crippen LogP contribution is 2.28. The van der Waals surface area contributed by atoms with Crippen molar-refractivity contribution in [2.24, 2.45) is 0 Å². The van der Waals surface area contributed by atoms with Gasteiger partial charge in [0, 0.05) is 18.5 Å². The van der Waals surface area contributed by atoms with Crippen LogP contribution < -0.4 is 5.32 Å². The van der Waals surface area contributed by atoms with Crippen LogP contribution in [0.3, 0.4) is 0 Å². The van der Waals surface area contributed by atoms with Gasteiger partial charge in [0.25, 0.3) is 5.91 Å². The monoisotopic (exact) mass is 252 g/mol. The molecule has 6 heteroatoms. The van der Waals surface area contributed by atoms with Crippen LogP contribution in [0.1, 0.15) is 35.8 Å². The molecule has 1 aliphatic heterocycles. The number of nitrogens with one attached hydrogen (secondary N) is 2. The predicted molar refractivity (Wildman–Crippen MR) is 64.7 cm³/mol. The van der Waals surface area contributed by atoms with Gasteiger partial charge >= 0.3 is 5.97 Å². The maximum atomic E-state index is 12.1. The van der Waals surface area contributed by atoms with Gasteiger partial charge in [-0.05, 0) is 26.7 Å². The Bertz CT molecular complexity index is 486. The largest absolute Gasteiger partial charge is 0.478 e. The van der Waals surface area contributed by atoms with E-state index in [0.717, 1.165) is 6.42 Å². The molecule has 18 heavy (non-hydrogen) atoms. The summed E-state index contributed by atoms with van der Waals surface area (Å²) in [5.41, 5.74) is 0.0166. The maximum absolute atomic E-state index is 12.1. The van der Waals surface area contributed by atoms with Crippen LogP contribution in [0.5, 0.6) is 0 Å². The van der Waals surface area contributed by atoms with Gasteiger partial charge in [-0.25, -0.2) is 4.79 Å². The molecule has 1 saturated heterocycles. The smallest absolute Gasteiger partial charge is 0.339 e. The highest BCUT2D eigenvalue weighted by molar-refractivity contribution is 6.04. The summed E-state index contributed by atoms with van der Waals surface area (Å²) in [5.74, 6) is -1.37. The van der Waals surface area contributed by atoms with Gasteiger partial charge in [0.1, 0.15) is 11.2 Å². The normalized spacial score (nSPS) is 23.0. The van der Waals surface area contributed by atoms with E-state index >= 15 is 0 Å². The van der Waals surface area contributed by atoms with Gasteiger partial charge in [0.2, 0.25) is 0 Å². The van der Waals surface area contributed by atoms with E-state index in [2.05, 4.69) is 10.3 Å². The van der Waals surface area contributed by atoms with E-state index in [-0.39, 0.29) is 17.2 Å². The molecule has 1 amide bonds. The Kier molecular flexibility index (Phi) is 3.13. The Balaban J connectivity index is 2.19. The molecule has 0 aromatic carbocycles. The first-order valence-electron chi connectivity index (χ1n) is 5.81. The first-order chi connectivity index (χ1) is 8.44. The first kappa shape index (κ1) is 12.6. The molecular formula is C12H16N2O4. The van der Waals surface area contributed by atoms with Crippen molar-refractivity contribution in [1.29, 1.82) is 0 Å². The second kappa shape index (κ2) is 4.45. The average Bonchev–Trinajstić information content (AvgIpc) is 2.86. The number of carboxylic acid groups (broad SMARTS) is 1. The summed E-state index contributed by atoms with van der Waals surface area (Å²) in [4.78, 5) is 26.0. The van der Waals surface area contributed by atoms with Crippen LogP contribution >= 0.6 is 0 Å². The third-order valence-electron chi connectivity index (χ3n) is 3.24. The zero-order valence-electron chi connectivity index (χ0n) is 10.4. The Morgan fingerprint density at radius 2 is 2.28 bits per heavy atom. The number of amides is 1. The minimum Gasteiger partial charge on any atom is -0.478 e. The van der Waals surface area contributed by atoms with Crippen LogP contribution in [0.25, 0.3) is 0 Å². The van der Waals surface area contributed by atoms with Crippen molar-refractivity contribution in [2.75, 3.05) is 11.9 Å². The van der Waals surface area contributed by atoms with Crippen LogP contribution in [0.15, 0.2) is 6.20 Å². The Labute approximate surface area is 104 Å². The number of hydrogen-bond acceptors (Lipinski definition) is 3. The number of carbonyl (C=O) groups is 2. The number of carboxylic acids is 1. The van der Waals surface area contributed by atoms with Crippen LogP contribution in [0.2, 0.25) is 0 Å². The summed E-state index contributed by atoms with van der Waals surface area (Å²) in [7, 11) is 0. The van der Waals surface area contributed by atoms with Crippen LogP contribution in [-0.4, -0.2) is 34.2 Å². The number of anilines is 1. The van der Waals surface area contributed by atoms with E-state index in [1.54, 1.807) is 13.8 Å². The fraction of sp³-hybridized carbons (Fsp3) is 0.500. The molecular weight excluding hydrogens is 236 g/mol. The first-order valence-corrected chi connectivity index (χ1v) is 5.81. The molecule has 2 heterocycles. The molecule has 6 nitrogen and oxygen atoms in total. The van der Waals surface area contributed by atoms with Gasteiger partial charge in [0.15, 0.2) is 0 Å². The second-order valence-electron chi connectivity index (χ2n) is 4.64. The van der Waals surface area contributed by atoms with Crippen molar-refractivity contribution >= 4 is 17.6 Å². The Morgan fingerprint density at radius 3 is 2.83 bits per heavy atom. The molecule has 1 fully saturated rings. The number of aromatic nitrogens is 1. The lowest BCUT2D eigenvalue weighted by Gasteiger charge is -2.21. The molecule has 1 unspecified atom stereocenters. The van der Waals surface area contributed by atoms with E-state index in [1.807, 2.05) is 0 Å². The summed E-state index contributed by atoms with van der Waals surface area (Å²) in [5, 5.41) is 11.7. The van der Waals surface area contributed by atoms with Gasteiger partial charge in [-0.3, -0.25) is 4.79 Å². The van der Waals surface area contributed by atoms with Crippen molar-refractivity contribution in [3.05, 3.63) is 17.5 Å². The van der Waals surface area contributed by atoms with Crippen molar-refractivity contribution in [1.82, 2.24) is 4.98 Å². The van der Waals surface area contributed by atoms with Crippen molar-refractivity contribution < 1.29 is 19.4 Å². The molecule has 0 spiro atoms. The van der Waals surface area contributed by atoms with E-state index < -0.39 is 11.6 Å². The van der Waals surface area contributed by atoms with Gasteiger partial charge in [0.05, 0.1) is 5.69 Å². The van der Waals surface area contributed by atoms with Gasteiger partial charge in [-0.15, -0.1) is 0 Å². The van der Waals surface area contributed by atoms with E-state index in [0.29, 0.717) is 18.7 Å².